The van der Waals surface area contributed by atoms with Crippen LogP contribution in [0.2, 0.25) is 0 Å². The minimum Gasteiger partial charge on any atom is -0.366 e. The minimum absolute atomic E-state index is 0.231. The average Bonchev–Trinajstić information content (AvgIpc) is 2.15. The number of nitrogens with zero attached hydrogens (tertiary/aromatic N) is 1. The van der Waals surface area contributed by atoms with Gasteiger partial charge in [-0.1, -0.05) is 0 Å². The zero-order valence-corrected chi connectivity index (χ0v) is 7.57. The van der Waals surface area contributed by atoms with Crippen molar-refractivity contribution in [2.45, 2.75) is 6.92 Å². The molecule has 0 radical (unpaired) electrons. The Hall–Kier alpha value is -2.15. The van der Waals surface area contributed by atoms with Gasteiger partial charge in [-0.25, -0.2) is 4.98 Å². The first-order chi connectivity index (χ1) is 6.59. The summed E-state index contributed by atoms with van der Waals surface area (Å²) >= 11 is 0. The van der Waals surface area contributed by atoms with E-state index in [1.807, 2.05) is 0 Å². The van der Waals surface area contributed by atoms with E-state index in [0.29, 0.717) is 11.3 Å². The van der Waals surface area contributed by atoms with Gasteiger partial charge in [-0.3, -0.25) is 9.59 Å². The molecule has 1 aromatic rings. The monoisotopic (exact) mass is 188 g/mol. The lowest BCUT2D eigenvalue weighted by Crippen LogP contribution is -2.11. The lowest BCUT2D eigenvalue weighted by atomic mass is 10.2. The maximum absolute atomic E-state index is 10.7. The van der Waals surface area contributed by atoms with Crippen LogP contribution in [0.5, 0.6) is 0 Å². The van der Waals surface area contributed by atoms with Crippen molar-refractivity contribution in [1.82, 2.24) is 4.98 Å². The van der Waals surface area contributed by atoms with Crippen molar-refractivity contribution in [1.29, 1.82) is 0 Å². The number of primary amides is 1. The molecule has 0 saturated carbocycles. The minimum atomic E-state index is -0.538. The normalized spacial score (nSPS) is 8.64. The van der Waals surface area contributed by atoms with Crippen LogP contribution in [-0.2, 0) is 4.79 Å². The van der Waals surface area contributed by atoms with Gasteiger partial charge >= 0.3 is 0 Å². The van der Waals surface area contributed by atoms with Gasteiger partial charge in [0.1, 0.15) is 5.69 Å². The average molecular weight is 188 g/mol. The predicted octanol–water partition coefficient (Wildman–Crippen LogP) is 0.121. The molecule has 0 bridgehead atoms. The van der Waals surface area contributed by atoms with Crippen molar-refractivity contribution < 1.29 is 9.59 Å². The summed E-state index contributed by atoms with van der Waals surface area (Å²) in [7, 11) is 0. The molecule has 1 aromatic heterocycles. The van der Waals surface area contributed by atoms with Gasteiger partial charge in [-0.2, -0.15) is 0 Å². The number of hydrogen-bond acceptors (Lipinski definition) is 3. The first-order valence-corrected chi connectivity index (χ1v) is 3.88. The second-order valence-electron chi connectivity index (χ2n) is 2.60. The van der Waals surface area contributed by atoms with Crippen LogP contribution in [0.25, 0.3) is 0 Å². The lowest BCUT2D eigenvalue weighted by Gasteiger charge is -1.93. The summed E-state index contributed by atoms with van der Waals surface area (Å²) in [5.41, 5.74) is 5.77. The highest BCUT2D eigenvalue weighted by atomic mass is 16.1. The van der Waals surface area contributed by atoms with Gasteiger partial charge in [0, 0.05) is 13.1 Å². The summed E-state index contributed by atoms with van der Waals surface area (Å²) in [4.78, 5) is 25.0. The number of rotatable bonds is 1. The van der Waals surface area contributed by atoms with E-state index in [0.717, 1.165) is 0 Å². The second kappa shape index (κ2) is 4.19. The molecule has 1 amide bonds. The van der Waals surface area contributed by atoms with Crippen LogP contribution in [0, 0.1) is 11.8 Å². The molecule has 1 rings (SSSR count). The summed E-state index contributed by atoms with van der Waals surface area (Å²) in [6, 6.07) is 3.05. The number of Topliss-reactive ketones (excluding diaryl/α,β-unsaturated/α-hetero) is 1. The number of amides is 1. The molecular formula is C10H8N2O2. The fraction of sp³-hybridized carbons (Fsp3) is 0.100. The van der Waals surface area contributed by atoms with E-state index >= 15 is 0 Å². The van der Waals surface area contributed by atoms with Crippen LogP contribution in [-0.4, -0.2) is 16.7 Å². The molecule has 0 spiro atoms. The van der Waals surface area contributed by atoms with Crippen molar-refractivity contribution >= 4 is 11.7 Å². The molecule has 2 N–H and O–H groups in total. The Balaban J connectivity index is 2.91. The highest BCUT2D eigenvalue weighted by molar-refractivity contribution is 5.94. The third-order valence-electron chi connectivity index (χ3n) is 1.41. The number of carbonyl (C=O) groups is 2. The van der Waals surface area contributed by atoms with E-state index in [9.17, 15) is 9.59 Å². The molecule has 1 heterocycles. The lowest BCUT2D eigenvalue weighted by molar-refractivity contribution is -0.111. The Morgan fingerprint density at radius 1 is 1.43 bits per heavy atom. The summed E-state index contributed by atoms with van der Waals surface area (Å²) in [6.07, 6.45) is 1.33. The van der Waals surface area contributed by atoms with Gasteiger partial charge < -0.3 is 5.73 Å². The number of pyridine rings is 1. The smallest absolute Gasteiger partial charge is 0.250 e. The molecule has 0 atom stereocenters. The van der Waals surface area contributed by atoms with Crippen LogP contribution in [0.1, 0.15) is 23.0 Å². The summed E-state index contributed by atoms with van der Waals surface area (Å²) < 4.78 is 0. The van der Waals surface area contributed by atoms with E-state index in [4.69, 9.17) is 5.73 Å². The standard InChI is InChI=1S/C10H8N2O2/c1-7(13)2-4-9-5-3-8(6-12-9)10(11)14/h3,5-6H,1H3,(H2,11,14). The van der Waals surface area contributed by atoms with Gasteiger partial charge in [0.15, 0.2) is 0 Å². The van der Waals surface area contributed by atoms with Gasteiger partial charge in [0.25, 0.3) is 0 Å². The van der Waals surface area contributed by atoms with Crippen LogP contribution in [0.15, 0.2) is 18.3 Å². The zero-order chi connectivity index (χ0) is 10.6. The molecule has 4 nitrogen and oxygen atoms in total. The number of nitrogens with two attached hydrogens (primary N) is 1. The Bertz CT molecular complexity index is 424. The highest BCUT2D eigenvalue weighted by Gasteiger charge is 1.98. The van der Waals surface area contributed by atoms with Crippen molar-refractivity contribution in [3.05, 3.63) is 29.6 Å². The maximum Gasteiger partial charge on any atom is 0.250 e. The van der Waals surface area contributed by atoms with E-state index in [1.165, 1.54) is 25.3 Å². The fourth-order valence-corrected chi connectivity index (χ4v) is 0.766. The van der Waals surface area contributed by atoms with E-state index in [-0.39, 0.29) is 5.78 Å². The third-order valence-corrected chi connectivity index (χ3v) is 1.41. The Labute approximate surface area is 81.1 Å². The quantitative estimate of drug-likeness (QED) is 0.636. The number of ketones is 1. The molecule has 0 aliphatic rings. The second-order valence-corrected chi connectivity index (χ2v) is 2.60. The van der Waals surface area contributed by atoms with Gasteiger partial charge in [0.05, 0.1) is 5.56 Å². The van der Waals surface area contributed by atoms with Crippen LogP contribution >= 0.6 is 0 Å². The maximum atomic E-state index is 10.7. The van der Waals surface area contributed by atoms with Gasteiger partial charge in [-0.15, -0.1) is 0 Å². The van der Waals surface area contributed by atoms with Gasteiger partial charge in [0.2, 0.25) is 11.7 Å². The molecule has 4 heteroatoms. The van der Waals surface area contributed by atoms with Gasteiger partial charge in [-0.05, 0) is 24.0 Å². The first kappa shape index (κ1) is 9.93. The fourth-order valence-electron chi connectivity index (χ4n) is 0.766. The largest absolute Gasteiger partial charge is 0.366 e. The number of hydrogen-bond donors (Lipinski definition) is 1. The highest BCUT2D eigenvalue weighted by Crippen LogP contribution is 1.97. The molecule has 0 unspecified atom stereocenters. The Morgan fingerprint density at radius 2 is 2.14 bits per heavy atom. The number of carbonyl (C=O) groups excluding carboxylic acids is 2. The summed E-state index contributed by atoms with van der Waals surface area (Å²) in [5.74, 6) is 4.12. The number of aromatic nitrogens is 1. The predicted molar refractivity (Wildman–Crippen MR) is 50.3 cm³/mol. The summed E-state index contributed by atoms with van der Waals surface area (Å²) in [6.45, 7) is 1.37. The molecule has 0 aromatic carbocycles. The van der Waals surface area contributed by atoms with Crippen molar-refractivity contribution in [3.8, 4) is 11.8 Å². The molecule has 0 fully saturated rings. The molecular weight excluding hydrogens is 180 g/mol. The van der Waals surface area contributed by atoms with Crippen LogP contribution < -0.4 is 5.73 Å². The molecule has 70 valence electrons. The topological polar surface area (TPSA) is 73.1 Å². The van der Waals surface area contributed by atoms with E-state index < -0.39 is 5.91 Å². The van der Waals surface area contributed by atoms with E-state index in [1.54, 1.807) is 0 Å². The third kappa shape index (κ3) is 2.72. The SMILES string of the molecule is CC(=O)C#Cc1ccc(C(N)=O)cn1. The zero-order valence-electron chi connectivity index (χ0n) is 7.57. The van der Waals surface area contributed by atoms with Crippen molar-refractivity contribution in [2.75, 3.05) is 0 Å². The van der Waals surface area contributed by atoms with Crippen LogP contribution in [0.4, 0.5) is 0 Å². The van der Waals surface area contributed by atoms with Crippen molar-refractivity contribution in [3.63, 3.8) is 0 Å². The molecule has 0 saturated heterocycles. The molecule has 0 aliphatic carbocycles. The molecule has 0 aliphatic heterocycles. The Morgan fingerprint density at radius 3 is 2.57 bits per heavy atom. The van der Waals surface area contributed by atoms with Crippen molar-refractivity contribution in [2.24, 2.45) is 5.73 Å². The van der Waals surface area contributed by atoms with E-state index in [2.05, 4.69) is 16.8 Å². The molecule has 14 heavy (non-hydrogen) atoms. The Kier molecular flexibility index (Phi) is 2.97. The summed E-state index contributed by atoms with van der Waals surface area (Å²) in [5, 5.41) is 0. The van der Waals surface area contributed by atoms with Crippen LogP contribution in [0.3, 0.4) is 0 Å². The first-order valence-electron chi connectivity index (χ1n) is 3.88.